The zero-order chi connectivity index (χ0) is 11.7. The molecule has 3 aromatic rings. The van der Waals surface area contributed by atoms with Crippen LogP contribution in [0.4, 0.5) is 0 Å². The quantitative estimate of drug-likeness (QED) is 0.698. The molecule has 1 N–H and O–H groups in total. The van der Waals surface area contributed by atoms with E-state index in [9.17, 15) is 0 Å². The van der Waals surface area contributed by atoms with Crippen molar-refractivity contribution in [3.8, 4) is 0 Å². The van der Waals surface area contributed by atoms with Gasteiger partial charge in [0.15, 0.2) is 3.95 Å². The summed E-state index contributed by atoms with van der Waals surface area (Å²) in [4.78, 5) is 8.71. The largest absolute Gasteiger partial charge is 0.336 e. The summed E-state index contributed by atoms with van der Waals surface area (Å²) < 4.78 is 2.00. The molecular formula is C12H8N2S3. The number of fused-ring (bicyclic) bond motifs is 1. The summed E-state index contributed by atoms with van der Waals surface area (Å²) in [6.07, 6.45) is 1.80. The van der Waals surface area contributed by atoms with Crippen LogP contribution in [0.3, 0.4) is 0 Å². The molecule has 0 saturated carbocycles. The highest BCUT2D eigenvalue weighted by atomic mass is 32.2. The van der Waals surface area contributed by atoms with Crippen molar-refractivity contribution in [3.05, 3.63) is 46.5 Å². The maximum Gasteiger partial charge on any atom is 0.159 e. The minimum atomic E-state index is 0.814. The summed E-state index contributed by atoms with van der Waals surface area (Å²) in [5.74, 6) is 0. The summed E-state index contributed by atoms with van der Waals surface area (Å²) >= 11 is 8.43. The Hall–Kier alpha value is -1.17. The Bertz CT molecular complexity index is 700. The molecule has 0 fully saturated rings. The number of rotatable bonds is 2. The van der Waals surface area contributed by atoms with Crippen molar-refractivity contribution in [2.75, 3.05) is 0 Å². The van der Waals surface area contributed by atoms with Crippen molar-refractivity contribution in [2.45, 2.75) is 9.92 Å². The average molecular weight is 276 g/mol. The highest BCUT2D eigenvalue weighted by Gasteiger charge is 2.05. The first-order valence-electron chi connectivity index (χ1n) is 5.04. The van der Waals surface area contributed by atoms with Crippen LogP contribution in [0.25, 0.3) is 10.2 Å². The molecule has 0 bridgehead atoms. The van der Waals surface area contributed by atoms with Crippen LogP contribution < -0.4 is 0 Å². The lowest BCUT2D eigenvalue weighted by Gasteiger charge is -2.01. The van der Waals surface area contributed by atoms with Crippen molar-refractivity contribution in [3.63, 3.8) is 0 Å². The number of nitrogens with one attached hydrogen (secondary N) is 1. The van der Waals surface area contributed by atoms with E-state index in [1.54, 1.807) is 29.3 Å². The number of hydrogen-bond donors (Lipinski definition) is 1. The van der Waals surface area contributed by atoms with Crippen LogP contribution in [0.1, 0.15) is 0 Å². The smallest absolute Gasteiger partial charge is 0.159 e. The number of aromatic amines is 1. The Morgan fingerprint density at radius 3 is 2.94 bits per heavy atom. The van der Waals surface area contributed by atoms with Gasteiger partial charge in [0.1, 0.15) is 5.03 Å². The minimum Gasteiger partial charge on any atom is -0.336 e. The molecular weight excluding hydrogens is 268 g/mol. The topological polar surface area (TPSA) is 28.7 Å². The minimum absolute atomic E-state index is 0.814. The van der Waals surface area contributed by atoms with Gasteiger partial charge in [0.05, 0.1) is 10.2 Å². The van der Waals surface area contributed by atoms with Crippen molar-refractivity contribution >= 4 is 45.5 Å². The van der Waals surface area contributed by atoms with Gasteiger partial charge < -0.3 is 4.98 Å². The molecule has 0 saturated heterocycles. The van der Waals surface area contributed by atoms with E-state index in [1.807, 2.05) is 24.3 Å². The first kappa shape index (κ1) is 11.0. The maximum absolute atomic E-state index is 5.18. The molecule has 0 aliphatic heterocycles. The number of pyridine rings is 1. The summed E-state index contributed by atoms with van der Waals surface area (Å²) in [5.41, 5.74) is 1.11. The Morgan fingerprint density at radius 1 is 1.18 bits per heavy atom. The van der Waals surface area contributed by atoms with E-state index in [2.05, 4.69) is 22.1 Å². The van der Waals surface area contributed by atoms with Crippen LogP contribution in [0.5, 0.6) is 0 Å². The average Bonchev–Trinajstić information content (AvgIpc) is 2.72. The lowest BCUT2D eigenvalue weighted by atomic mass is 10.3. The van der Waals surface area contributed by atoms with Crippen LogP contribution >= 0.6 is 35.3 Å². The summed E-state index contributed by atoms with van der Waals surface area (Å²) in [6, 6.07) is 12.1. The number of benzene rings is 1. The molecule has 3 rings (SSSR count). The Morgan fingerprint density at radius 2 is 2.12 bits per heavy atom. The third kappa shape index (κ3) is 2.26. The van der Waals surface area contributed by atoms with E-state index >= 15 is 0 Å². The lowest BCUT2D eigenvalue weighted by Crippen LogP contribution is -1.79. The Balaban J connectivity index is 2.09. The molecule has 2 aromatic heterocycles. The molecule has 2 heterocycles. The van der Waals surface area contributed by atoms with Gasteiger partial charge in [-0.3, -0.25) is 0 Å². The molecule has 0 aliphatic carbocycles. The second-order valence-corrected chi connectivity index (χ2v) is 6.19. The van der Waals surface area contributed by atoms with Crippen molar-refractivity contribution in [1.82, 2.24) is 9.97 Å². The van der Waals surface area contributed by atoms with Crippen LogP contribution in [0.2, 0.25) is 0 Å². The molecule has 0 aliphatic rings. The molecule has 0 spiro atoms. The first-order valence-corrected chi connectivity index (χ1v) is 7.08. The second-order valence-electron chi connectivity index (χ2n) is 3.41. The van der Waals surface area contributed by atoms with Crippen molar-refractivity contribution < 1.29 is 0 Å². The molecule has 0 amide bonds. The summed E-state index contributed by atoms with van der Waals surface area (Å²) in [7, 11) is 0. The molecule has 0 atom stereocenters. The zero-order valence-corrected chi connectivity index (χ0v) is 11.2. The highest BCUT2D eigenvalue weighted by Crippen LogP contribution is 2.33. The maximum atomic E-state index is 5.18. The van der Waals surface area contributed by atoms with E-state index in [0.717, 1.165) is 19.4 Å². The van der Waals surface area contributed by atoms with Gasteiger partial charge in [-0.1, -0.05) is 23.9 Å². The van der Waals surface area contributed by atoms with Crippen LogP contribution in [-0.2, 0) is 0 Å². The van der Waals surface area contributed by atoms with Gasteiger partial charge in [-0.05, 0) is 36.5 Å². The highest BCUT2D eigenvalue weighted by molar-refractivity contribution is 7.99. The number of hydrogen-bond acceptors (Lipinski definition) is 4. The van der Waals surface area contributed by atoms with E-state index < -0.39 is 0 Å². The number of para-hydroxylation sites is 1. The van der Waals surface area contributed by atoms with E-state index in [0.29, 0.717) is 0 Å². The van der Waals surface area contributed by atoms with E-state index in [4.69, 9.17) is 12.2 Å². The van der Waals surface area contributed by atoms with Gasteiger partial charge >= 0.3 is 0 Å². The number of thiazole rings is 1. The van der Waals surface area contributed by atoms with Gasteiger partial charge in [-0.25, -0.2) is 4.98 Å². The van der Waals surface area contributed by atoms with E-state index in [-0.39, 0.29) is 0 Å². The van der Waals surface area contributed by atoms with Crippen LogP contribution in [-0.4, -0.2) is 9.97 Å². The van der Waals surface area contributed by atoms with Crippen LogP contribution in [0, 0.1) is 3.95 Å². The second kappa shape index (κ2) is 4.60. The first-order chi connectivity index (χ1) is 8.33. The predicted molar refractivity (Wildman–Crippen MR) is 75.4 cm³/mol. The van der Waals surface area contributed by atoms with Crippen molar-refractivity contribution in [2.24, 2.45) is 0 Å². The van der Waals surface area contributed by atoms with Gasteiger partial charge in [0.2, 0.25) is 0 Å². The summed E-state index contributed by atoms with van der Waals surface area (Å²) in [5, 5.41) is 0.991. The zero-order valence-electron chi connectivity index (χ0n) is 8.71. The fourth-order valence-corrected chi connectivity index (χ4v) is 3.65. The third-order valence-electron chi connectivity index (χ3n) is 2.27. The standard InChI is InChI=1S/C12H8N2S3/c15-12-14-11-8(4-3-5-9(11)17-12)16-10-6-1-2-7-13-10/h1-7H,(H,14,15). The number of aromatic nitrogens is 2. The van der Waals surface area contributed by atoms with Gasteiger partial charge in [-0.2, -0.15) is 0 Å². The normalized spacial score (nSPS) is 10.8. The SMILES string of the molecule is S=c1[nH]c2c(Sc3ccccn3)cccc2s1. The molecule has 0 radical (unpaired) electrons. The van der Waals surface area contributed by atoms with Gasteiger partial charge in [-0.15, -0.1) is 11.3 Å². The molecule has 84 valence electrons. The molecule has 2 nitrogen and oxygen atoms in total. The predicted octanol–water partition coefficient (Wildman–Crippen LogP) is 4.51. The monoisotopic (exact) mass is 276 g/mol. The Kier molecular flexibility index (Phi) is 2.96. The van der Waals surface area contributed by atoms with E-state index in [1.165, 1.54) is 4.70 Å². The van der Waals surface area contributed by atoms with Crippen molar-refractivity contribution in [1.29, 1.82) is 0 Å². The van der Waals surface area contributed by atoms with Gasteiger partial charge in [0.25, 0.3) is 0 Å². The third-order valence-corrected chi connectivity index (χ3v) is 4.48. The van der Waals surface area contributed by atoms with Crippen LogP contribution in [0.15, 0.2) is 52.5 Å². The Labute approximate surface area is 112 Å². The molecule has 0 unspecified atom stereocenters. The number of nitrogens with zero attached hydrogens (tertiary/aromatic N) is 1. The summed E-state index contributed by atoms with van der Waals surface area (Å²) in [6.45, 7) is 0. The fraction of sp³-hybridized carbons (Fsp3) is 0. The molecule has 17 heavy (non-hydrogen) atoms. The fourth-order valence-electron chi connectivity index (χ4n) is 1.55. The molecule has 1 aromatic carbocycles. The molecule has 5 heteroatoms. The lowest BCUT2D eigenvalue weighted by molar-refractivity contribution is 1.13. The number of H-pyrrole nitrogens is 1. The van der Waals surface area contributed by atoms with Gasteiger partial charge in [0, 0.05) is 11.1 Å².